The van der Waals surface area contributed by atoms with E-state index in [1.165, 1.54) is 5.56 Å². The van der Waals surface area contributed by atoms with E-state index in [2.05, 4.69) is 40.6 Å². The van der Waals surface area contributed by atoms with E-state index in [1.807, 2.05) is 36.2 Å². The van der Waals surface area contributed by atoms with E-state index in [1.54, 1.807) is 0 Å². The van der Waals surface area contributed by atoms with Crippen LogP contribution in [0.2, 0.25) is 0 Å². The van der Waals surface area contributed by atoms with Gasteiger partial charge in [0.15, 0.2) is 0 Å². The SMILES string of the molecule is Cl.Cl.c1ccc(CNCCCSc2ccccn2)cc1. The van der Waals surface area contributed by atoms with Gasteiger partial charge >= 0.3 is 0 Å². The molecule has 1 aromatic heterocycles. The van der Waals surface area contributed by atoms with Gasteiger partial charge in [-0.15, -0.1) is 36.6 Å². The van der Waals surface area contributed by atoms with Crippen LogP contribution in [0.5, 0.6) is 0 Å². The van der Waals surface area contributed by atoms with E-state index in [9.17, 15) is 0 Å². The molecular formula is C15H20Cl2N2S. The van der Waals surface area contributed by atoms with Gasteiger partial charge in [0.1, 0.15) is 0 Å². The number of hydrogen-bond donors (Lipinski definition) is 1. The molecule has 2 rings (SSSR count). The van der Waals surface area contributed by atoms with E-state index in [0.29, 0.717) is 0 Å². The summed E-state index contributed by atoms with van der Waals surface area (Å²) in [5.74, 6) is 1.11. The zero-order valence-corrected chi connectivity index (χ0v) is 13.6. The quantitative estimate of drug-likeness (QED) is 0.608. The molecule has 0 aliphatic heterocycles. The van der Waals surface area contributed by atoms with Crippen LogP contribution >= 0.6 is 36.6 Å². The van der Waals surface area contributed by atoms with Crippen LogP contribution in [0.3, 0.4) is 0 Å². The van der Waals surface area contributed by atoms with Gasteiger partial charge in [-0.05, 0) is 30.7 Å². The Bertz CT molecular complexity index is 397. The molecule has 20 heavy (non-hydrogen) atoms. The highest BCUT2D eigenvalue weighted by Gasteiger charge is 1.94. The van der Waals surface area contributed by atoms with Crippen molar-refractivity contribution in [2.45, 2.75) is 18.0 Å². The number of nitrogens with zero attached hydrogens (tertiary/aromatic N) is 1. The second kappa shape index (κ2) is 12.0. The van der Waals surface area contributed by atoms with Gasteiger partial charge in [0.05, 0.1) is 5.03 Å². The molecule has 5 heteroatoms. The molecule has 0 saturated heterocycles. The highest BCUT2D eigenvalue weighted by atomic mass is 35.5. The molecule has 0 radical (unpaired) electrons. The third-order valence-corrected chi connectivity index (χ3v) is 3.59. The fourth-order valence-electron chi connectivity index (χ4n) is 1.63. The van der Waals surface area contributed by atoms with Crippen molar-refractivity contribution in [3.05, 3.63) is 60.3 Å². The number of pyridine rings is 1. The van der Waals surface area contributed by atoms with E-state index in [0.717, 1.165) is 30.3 Å². The molecule has 0 unspecified atom stereocenters. The Morgan fingerprint density at radius 1 is 0.950 bits per heavy atom. The van der Waals surface area contributed by atoms with Gasteiger partial charge in [-0.2, -0.15) is 0 Å². The molecule has 0 fully saturated rings. The van der Waals surface area contributed by atoms with Crippen LogP contribution in [0.1, 0.15) is 12.0 Å². The minimum atomic E-state index is 0. The predicted octanol–water partition coefficient (Wildman–Crippen LogP) is 4.20. The standard InChI is InChI=1S/C15H18N2S.2ClH/c1-2-7-14(8-3-1)13-16-10-6-12-18-15-9-4-5-11-17-15;;/h1-5,7-9,11,16H,6,10,12-13H2;2*1H. The first-order chi connectivity index (χ1) is 8.95. The van der Waals surface area contributed by atoms with E-state index >= 15 is 0 Å². The molecule has 0 atom stereocenters. The van der Waals surface area contributed by atoms with Gasteiger partial charge < -0.3 is 5.32 Å². The minimum absolute atomic E-state index is 0. The second-order valence-corrected chi connectivity index (χ2v) is 5.15. The van der Waals surface area contributed by atoms with Crippen LogP contribution in [0.15, 0.2) is 59.8 Å². The zero-order valence-electron chi connectivity index (χ0n) is 11.2. The minimum Gasteiger partial charge on any atom is -0.313 e. The number of halogens is 2. The summed E-state index contributed by atoms with van der Waals surface area (Å²) in [6.07, 6.45) is 3.00. The third kappa shape index (κ3) is 7.75. The van der Waals surface area contributed by atoms with E-state index in [4.69, 9.17) is 0 Å². The number of thioether (sulfide) groups is 1. The summed E-state index contributed by atoms with van der Waals surface area (Å²) in [6.45, 7) is 2.00. The van der Waals surface area contributed by atoms with Crippen molar-refractivity contribution in [2.24, 2.45) is 0 Å². The third-order valence-electron chi connectivity index (χ3n) is 2.56. The fraction of sp³-hybridized carbons (Fsp3) is 0.267. The lowest BCUT2D eigenvalue weighted by Gasteiger charge is -2.04. The molecule has 0 aliphatic carbocycles. The van der Waals surface area contributed by atoms with E-state index < -0.39 is 0 Å². The summed E-state index contributed by atoms with van der Waals surface area (Å²) < 4.78 is 0. The Morgan fingerprint density at radius 2 is 1.70 bits per heavy atom. The van der Waals surface area contributed by atoms with Crippen LogP contribution in [-0.4, -0.2) is 17.3 Å². The Balaban J connectivity index is 0.00000180. The maximum absolute atomic E-state index is 4.29. The molecular weight excluding hydrogens is 311 g/mol. The highest BCUT2D eigenvalue weighted by Crippen LogP contribution is 2.14. The van der Waals surface area contributed by atoms with Gasteiger partial charge in [0, 0.05) is 18.5 Å². The summed E-state index contributed by atoms with van der Waals surface area (Å²) >= 11 is 1.82. The molecule has 0 aliphatic rings. The lowest BCUT2D eigenvalue weighted by atomic mass is 10.2. The highest BCUT2D eigenvalue weighted by molar-refractivity contribution is 7.99. The topological polar surface area (TPSA) is 24.9 Å². The number of rotatable bonds is 7. The molecule has 1 N–H and O–H groups in total. The first kappa shape index (κ1) is 19.3. The maximum atomic E-state index is 4.29. The number of nitrogens with one attached hydrogen (secondary N) is 1. The molecule has 0 saturated carbocycles. The van der Waals surface area contributed by atoms with Crippen LogP contribution in [0.4, 0.5) is 0 Å². The van der Waals surface area contributed by atoms with Crippen LogP contribution in [0.25, 0.3) is 0 Å². The Hall–Kier alpha value is -0.740. The smallest absolute Gasteiger partial charge is 0.0959 e. The molecule has 0 spiro atoms. The average molecular weight is 331 g/mol. The summed E-state index contributed by atoms with van der Waals surface area (Å²) in [7, 11) is 0. The zero-order chi connectivity index (χ0) is 12.5. The van der Waals surface area contributed by atoms with Crippen LogP contribution in [-0.2, 0) is 6.54 Å². The van der Waals surface area contributed by atoms with Crippen molar-refractivity contribution < 1.29 is 0 Å². The number of aromatic nitrogens is 1. The monoisotopic (exact) mass is 330 g/mol. The van der Waals surface area contributed by atoms with Crippen molar-refractivity contribution >= 4 is 36.6 Å². The normalized spacial score (nSPS) is 9.40. The first-order valence-electron chi connectivity index (χ1n) is 6.23. The maximum Gasteiger partial charge on any atom is 0.0959 e. The van der Waals surface area contributed by atoms with Crippen molar-refractivity contribution in [3.8, 4) is 0 Å². The van der Waals surface area contributed by atoms with E-state index in [-0.39, 0.29) is 24.8 Å². The van der Waals surface area contributed by atoms with Gasteiger partial charge in [-0.1, -0.05) is 36.4 Å². The summed E-state index contributed by atoms with van der Waals surface area (Å²) in [5, 5.41) is 4.57. The Morgan fingerprint density at radius 3 is 2.40 bits per heavy atom. The summed E-state index contributed by atoms with van der Waals surface area (Å²) in [4.78, 5) is 4.29. The van der Waals surface area contributed by atoms with Crippen LogP contribution < -0.4 is 5.32 Å². The molecule has 1 heterocycles. The molecule has 110 valence electrons. The van der Waals surface area contributed by atoms with Gasteiger partial charge in [-0.25, -0.2) is 4.98 Å². The largest absolute Gasteiger partial charge is 0.313 e. The fourth-order valence-corrected chi connectivity index (χ4v) is 2.44. The molecule has 1 aromatic carbocycles. The second-order valence-electron chi connectivity index (χ2n) is 4.03. The first-order valence-corrected chi connectivity index (χ1v) is 7.22. The molecule has 0 bridgehead atoms. The van der Waals surface area contributed by atoms with Crippen molar-refractivity contribution in [2.75, 3.05) is 12.3 Å². The Kier molecular flexibility index (Phi) is 11.6. The Labute approximate surface area is 137 Å². The number of hydrogen-bond acceptors (Lipinski definition) is 3. The molecule has 2 nitrogen and oxygen atoms in total. The predicted molar refractivity (Wildman–Crippen MR) is 92.2 cm³/mol. The van der Waals surface area contributed by atoms with Crippen molar-refractivity contribution in [1.82, 2.24) is 10.3 Å². The summed E-state index contributed by atoms with van der Waals surface area (Å²) in [6, 6.07) is 16.5. The van der Waals surface area contributed by atoms with Crippen molar-refractivity contribution in [1.29, 1.82) is 0 Å². The lowest BCUT2D eigenvalue weighted by Crippen LogP contribution is -2.15. The lowest BCUT2D eigenvalue weighted by molar-refractivity contribution is 0.679. The average Bonchev–Trinajstić information content (AvgIpc) is 2.45. The van der Waals surface area contributed by atoms with Crippen molar-refractivity contribution in [3.63, 3.8) is 0 Å². The molecule has 2 aromatic rings. The number of benzene rings is 1. The van der Waals surface area contributed by atoms with Gasteiger partial charge in [0.2, 0.25) is 0 Å². The summed E-state index contributed by atoms with van der Waals surface area (Å²) in [5.41, 5.74) is 1.34. The van der Waals surface area contributed by atoms with Crippen LogP contribution in [0, 0.1) is 0 Å². The van der Waals surface area contributed by atoms with Gasteiger partial charge in [0.25, 0.3) is 0 Å². The molecule has 0 amide bonds. The van der Waals surface area contributed by atoms with Gasteiger partial charge in [-0.3, -0.25) is 0 Å².